The Morgan fingerprint density at radius 2 is 1.83 bits per heavy atom. The number of methoxy groups -OCH3 is 1. The lowest BCUT2D eigenvalue weighted by Crippen LogP contribution is -2.28. The SMILES string of the molecule is COC(C)(C)CCC(C)C(C)N. The van der Waals surface area contributed by atoms with Crippen LogP contribution >= 0.6 is 0 Å². The van der Waals surface area contributed by atoms with Gasteiger partial charge in [-0.25, -0.2) is 0 Å². The summed E-state index contributed by atoms with van der Waals surface area (Å²) >= 11 is 0. The molecule has 0 aliphatic heterocycles. The van der Waals surface area contributed by atoms with Gasteiger partial charge in [-0.1, -0.05) is 6.92 Å². The van der Waals surface area contributed by atoms with E-state index in [1.807, 2.05) is 0 Å². The molecule has 0 fully saturated rings. The standard InChI is InChI=1S/C10H23NO/c1-8(9(2)11)6-7-10(3,4)12-5/h8-9H,6-7,11H2,1-5H3. The van der Waals surface area contributed by atoms with E-state index >= 15 is 0 Å². The number of hydrogen-bond donors (Lipinski definition) is 1. The molecular formula is C10H23NO. The fraction of sp³-hybridized carbons (Fsp3) is 1.00. The highest BCUT2D eigenvalue weighted by atomic mass is 16.5. The second-order valence-corrected chi connectivity index (χ2v) is 4.34. The molecule has 2 nitrogen and oxygen atoms in total. The van der Waals surface area contributed by atoms with Gasteiger partial charge in [0.15, 0.2) is 0 Å². The Morgan fingerprint density at radius 3 is 2.17 bits per heavy atom. The van der Waals surface area contributed by atoms with E-state index < -0.39 is 0 Å². The fourth-order valence-corrected chi connectivity index (χ4v) is 0.940. The lowest BCUT2D eigenvalue weighted by molar-refractivity contribution is 0.0103. The van der Waals surface area contributed by atoms with Gasteiger partial charge in [0.25, 0.3) is 0 Å². The van der Waals surface area contributed by atoms with Crippen molar-refractivity contribution in [3.05, 3.63) is 0 Å². The molecule has 0 aliphatic rings. The second-order valence-electron chi connectivity index (χ2n) is 4.34. The van der Waals surface area contributed by atoms with Crippen LogP contribution in [0.25, 0.3) is 0 Å². The van der Waals surface area contributed by atoms with Crippen molar-refractivity contribution < 1.29 is 4.74 Å². The third-order valence-electron chi connectivity index (χ3n) is 2.65. The Bertz CT molecular complexity index is 121. The highest BCUT2D eigenvalue weighted by Gasteiger charge is 2.18. The first-order chi connectivity index (χ1) is 5.39. The number of hydrogen-bond acceptors (Lipinski definition) is 2. The molecule has 0 bridgehead atoms. The van der Waals surface area contributed by atoms with Crippen molar-refractivity contribution >= 4 is 0 Å². The van der Waals surface area contributed by atoms with Gasteiger partial charge >= 0.3 is 0 Å². The summed E-state index contributed by atoms with van der Waals surface area (Å²) < 4.78 is 5.33. The van der Waals surface area contributed by atoms with Gasteiger partial charge in [-0.3, -0.25) is 0 Å². The van der Waals surface area contributed by atoms with Crippen LogP contribution in [0.3, 0.4) is 0 Å². The maximum absolute atomic E-state index is 5.77. The van der Waals surface area contributed by atoms with Crippen molar-refractivity contribution in [2.24, 2.45) is 11.7 Å². The van der Waals surface area contributed by atoms with Crippen LogP contribution in [0.5, 0.6) is 0 Å². The van der Waals surface area contributed by atoms with Crippen LogP contribution in [0.1, 0.15) is 40.5 Å². The van der Waals surface area contributed by atoms with E-state index in [-0.39, 0.29) is 11.6 Å². The van der Waals surface area contributed by atoms with Gasteiger partial charge in [-0.2, -0.15) is 0 Å². The van der Waals surface area contributed by atoms with E-state index in [4.69, 9.17) is 10.5 Å². The van der Waals surface area contributed by atoms with Gasteiger partial charge in [0.1, 0.15) is 0 Å². The van der Waals surface area contributed by atoms with Gasteiger partial charge < -0.3 is 10.5 Å². The van der Waals surface area contributed by atoms with Crippen molar-refractivity contribution in [2.75, 3.05) is 7.11 Å². The maximum Gasteiger partial charge on any atom is 0.0622 e. The minimum absolute atomic E-state index is 0.00313. The first kappa shape index (κ1) is 11.9. The molecule has 0 radical (unpaired) electrons. The zero-order valence-corrected chi connectivity index (χ0v) is 9.05. The Labute approximate surface area is 76.5 Å². The van der Waals surface area contributed by atoms with Gasteiger partial charge in [0.05, 0.1) is 5.60 Å². The minimum Gasteiger partial charge on any atom is -0.379 e. The lowest BCUT2D eigenvalue weighted by Gasteiger charge is -2.25. The smallest absolute Gasteiger partial charge is 0.0622 e. The molecule has 0 saturated heterocycles. The highest BCUT2D eigenvalue weighted by molar-refractivity contribution is 4.72. The summed E-state index contributed by atoms with van der Waals surface area (Å²) in [6.45, 7) is 8.47. The van der Waals surface area contributed by atoms with Crippen LogP contribution in [0.2, 0.25) is 0 Å². The van der Waals surface area contributed by atoms with Gasteiger partial charge in [-0.15, -0.1) is 0 Å². The molecular weight excluding hydrogens is 150 g/mol. The molecule has 2 atom stereocenters. The Balaban J connectivity index is 3.67. The monoisotopic (exact) mass is 173 g/mol. The average molecular weight is 173 g/mol. The van der Waals surface area contributed by atoms with Gasteiger partial charge in [-0.05, 0) is 39.5 Å². The number of rotatable bonds is 5. The summed E-state index contributed by atoms with van der Waals surface area (Å²) in [6.07, 6.45) is 2.21. The Hall–Kier alpha value is -0.0800. The van der Waals surface area contributed by atoms with Crippen molar-refractivity contribution in [3.63, 3.8) is 0 Å². The van der Waals surface area contributed by atoms with E-state index in [2.05, 4.69) is 27.7 Å². The third kappa shape index (κ3) is 4.73. The summed E-state index contributed by atoms with van der Waals surface area (Å²) in [7, 11) is 1.76. The van der Waals surface area contributed by atoms with Gasteiger partial charge in [0.2, 0.25) is 0 Å². The largest absolute Gasteiger partial charge is 0.379 e. The molecule has 0 aromatic rings. The summed E-state index contributed by atoms with van der Waals surface area (Å²) in [5.41, 5.74) is 5.77. The normalized spacial score (nSPS) is 17.5. The fourth-order valence-electron chi connectivity index (χ4n) is 0.940. The van der Waals surface area contributed by atoms with Crippen LogP contribution in [0.15, 0.2) is 0 Å². The van der Waals surface area contributed by atoms with Crippen LogP contribution < -0.4 is 5.73 Å². The van der Waals surface area contributed by atoms with E-state index in [0.717, 1.165) is 12.8 Å². The van der Waals surface area contributed by atoms with Crippen LogP contribution in [0, 0.1) is 5.92 Å². The summed E-state index contributed by atoms with van der Waals surface area (Å²) in [5, 5.41) is 0. The average Bonchev–Trinajstić information content (AvgIpc) is 2.00. The van der Waals surface area contributed by atoms with E-state index in [1.54, 1.807) is 7.11 Å². The van der Waals surface area contributed by atoms with Crippen molar-refractivity contribution in [3.8, 4) is 0 Å². The molecule has 0 aromatic heterocycles. The van der Waals surface area contributed by atoms with Crippen LogP contribution in [0.4, 0.5) is 0 Å². The minimum atomic E-state index is 0.00313. The predicted octanol–water partition coefficient (Wildman–Crippen LogP) is 2.17. The molecule has 2 unspecified atom stereocenters. The summed E-state index contributed by atoms with van der Waals surface area (Å²) in [4.78, 5) is 0. The van der Waals surface area contributed by atoms with Crippen molar-refractivity contribution in [1.29, 1.82) is 0 Å². The topological polar surface area (TPSA) is 35.2 Å². The highest BCUT2D eigenvalue weighted by Crippen LogP contribution is 2.20. The molecule has 0 saturated carbocycles. The third-order valence-corrected chi connectivity index (χ3v) is 2.65. The van der Waals surface area contributed by atoms with Crippen molar-refractivity contribution in [2.45, 2.75) is 52.2 Å². The quantitative estimate of drug-likeness (QED) is 0.691. The molecule has 2 N–H and O–H groups in total. The predicted molar refractivity (Wildman–Crippen MR) is 53.1 cm³/mol. The molecule has 0 heterocycles. The summed E-state index contributed by atoms with van der Waals surface area (Å²) in [5.74, 6) is 0.583. The molecule has 74 valence electrons. The molecule has 2 heteroatoms. The zero-order chi connectivity index (χ0) is 9.78. The molecule has 0 rings (SSSR count). The second kappa shape index (κ2) is 4.83. The van der Waals surface area contributed by atoms with E-state index in [9.17, 15) is 0 Å². The van der Waals surface area contributed by atoms with Gasteiger partial charge in [0, 0.05) is 13.2 Å². The molecule has 12 heavy (non-hydrogen) atoms. The Kier molecular flexibility index (Phi) is 4.80. The first-order valence-corrected chi connectivity index (χ1v) is 4.70. The molecule has 0 spiro atoms. The lowest BCUT2D eigenvalue weighted by atomic mass is 9.92. The van der Waals surface area contributed by atoms with Crippen molar-refractivity contribution in [1.82, 2.24) is 0 Å². The summed E-state index contributed by atoms with van der Waals surface area (Å²) in [6, 6.07) is 0.289. The zero-order valence-electron chi connectivity index (χ0n) is 9.05. The van der Waals surface area contributed by atoms with E-state index in [0.29, 0.717) is 5.92 Å². The molecule has 0 aromatic carbocycles. The van der Waals surface area contributed by atoms with Crippen LogP contribution in [-0.2, 0) is 4.74 Å². The van der Waals surface area contributed by atoms with E-state index in [1.165, 1.54) is 0 Å². The number of nitrogens with two attached hydrogens (primary N) is 1. The maximum atomic E-state index is 5.77. The Morgan fingerprint density at radius 1 is 1.33 bits per heavy atom. The first-order valence-electron chi connectivity index (χ1n) is 4.70. The molecule has 0 aliphatic carbocycles. The van der Waals surface area contributed by atoms with Crippen LogP contribution in [-0.4, -0.2) is 18.8 Å². The molecule has 0 amide bonds. The number of ether oxygens (including phenoxy) is 1.